The van der Waals surface area contributed by atoms with Crippen molar-refractivity contribution in [3.63, 3.8) is 0 Å². The quantitative estimate of drug-likeness (QED) is 0.644. The topological polar surface area (TPSA) is 91.9 Å². The van der Waals surface area contributed by atoms with Gasteiger partial charge in [-0.3, -0.25) is 0 Å². The number of hydrogen-bond acceptors (Lipinski definition) is 4. The SMILES string of the molecule is COCCNC(=O)NCC1CCN(C(=O)Nc2ccccc2OC)CC1. The number of carbonyl (C=O) groups excluding carboxylic acids is 2. The van der Waals surface area contributed by atoms with Crippen molar-refractivity contribution >= 4 is 17.7 Å². The van der Waals surface area contributed by atoms with E-state index in [0.29, 0.717) is 50.1 Å². The summed E-state index contributed by atoms with van der Waals surface area (Å²) in [5, 5.41) is 8.49. The largest absolute Gasteiger partial charge is 0.495 e. The van der Waals surface area contributed by atoms with Gasteiger partial charge in [-0.2, -0.15) is 0 Å². The number of likely N-dealkylation sites (tertiary alicyclic amines) is 1. The van der Waals surface area contributed by atoms with E-state index in [-0.39, 0.29) is 12.1 Å². The van der Waals surface area contributed by atoms with Crippen molar-refractivity contribution in [1.29, 1.82) is 0 Å². The molecule has 0 aliphatic carbocycles. The van der Waals surface area contributed by atoms with Crippen LogP contribution in [0.4, 0.5) is 15.3 Å². The first-order chi connectivity index (χ1) is 12.6. The van der Waals surface area contributed by atoms with Crippen LogP contribution in [0.1, 0.15) is 12.8 Å². The number of nitrogens with zero attached hydrogens (tertiary/aromatic N) is 1. The third-order valence-electron chi connectivity index (χ3n) is 4.39. The van der Waals surface area contributed by atoms with Gasteiger partial charge in [0.05, 0.1) is 19.4 Å². The predicted molar refractivity (Wildman–Crippen MR) is 99.6 cm³/mol. The zero-order chi connectivity index (χ0) is 18.8. The summed E-state index contributed by atoms with van der Waals surface area (Å²) in [4.78, 5) is 25.8. The van der Waals surface area contributed by atoms with E-state index in [1.165, 1.54) is 0 Å². The number of urea groups is 2. The summed E-state index contributed by atoms with van der Waals surface area (Å²) in [6, 6.07) is 7.03. The van der Waals surface area contributed by atoms with Crippen LogP contribution in [0.15, 0.2) is 24.3 Å². The molecule has 1 saturated heterocycles. The minimum atomic E-state index is -0.182. The molecular formula is C18H28N4O4. The highest BCUT2D eigenvalue weighted by atomic mass is 16.5. The van der Waals surface area contributed by atoms with Gasteiger partial charge in [0, 0.05) is 33.3 Å². The minimum absolute atomic E-state index is 0.127. The molecule has 4 amide bonds. The molecule has 0 bridgehead atoms. The lowest BCUT2D eigenvalue weighted by Gasteiger charge is -2.32. The normalized spacial score (nSPS) is 14.6. The smallest absolute Gasteiger partial charge is 0.321 e. The zero-order valence-electron chi connectivity index (χ0n) is 15.4. The van der Waals surface area contributed by atoms with Crippen molar-refractivity contribution in [1.82, 2.24) is 15.5 Å². The van der Waals surface area contributed by atoms with E-state index in [0.717, 1.165) is 12.8 Å². The number of anilines is 1. The number of methoxy groups -OCH3 is 2. The van der Waals surface area contributed by atoms with Crippen LogP contribution in [-0.2, 0) is 4.74 Å². The van der Waals surface area contributed by atoms with Crippen LogP contribution < -0.4 is 20.7 Å². The van der Waals surface area contributed by atoms with E-state index >= 15 is 0 Å². The van der Waals surface area contributed by atoms with Crippen LogP contribution >= 0.6 is 0 Å². The van der Waals surface area contributed by atoms with Crippen LogP contribution in [0.25, 0.3) is 0 Å². The van der Waals surface area contributed by atoms with Gasteiger partial charge in [-0.1, -0.05) is 12.1 Å². The number of para-hydroxylation sites is 2. The Labute approximate surface area is 154 Å². The standard InChI is InChI=1S/C18H28N4O4/c1-25-12-9-19-17(23)20-13-14-7-10-22(11-8-14)18(24)21-15-5-3-4-6-16(15)26-2/h3-6,14H,7-13H2,1-2H3,(H,21,24)(H2,19,20,23). The van der Waals surface area contributed by atoms with Crippen molar-refractivity contribution in [2.24, 2.45) is 5.92 Å². The second-order valence-corrected chi connectivity index (χ2v) is 6.19. The fourth-order valence-electron chi connectivity index (χ4n) is 2.85. The monoisotopic (exact) mass is 364 g/mol. The first-order valence-electron chi connectivity index (χ1n) is 8.83. The van der Waals surface area contributed by atoms with E-state index in [1.54, 1.807) is 19.1 Å². The molecule has 144 valence electrons. The summed E-state index contributed by atoms with van der Waals surface area (Å²) in [6.45, 7) is 2.93. The molecule has 0 aromatic heterocycles. The highest BCUT2D eigenvalue weighted by Gasteiger charge is 2.23. The number of carbonyl (C=O) groups is 2. The Hall–Kier alpha value is -2.48. The highest BCUT2D eigenvalue weighted by Crippen LogP contribution is 2.24. The average molecular weight is 364 g/mol. The van der Waals surface area contributed by atoms with Gasteiger partial charge < -0.3 is 30.3 Å². The maximum absolute atomic E-state index is 12.4. The summed E-state index contributed by atoms with van der Waals surface area (Å²) in [7, 11) is 3.17. The molecule has 8 nitrogen and oxygen atoms in total. The van der Waals surface area contributed by atoms with Gasteiger partial charge in [0.15, 0.2) is 0 Å². The predicted octanol–water partition coefficient (Wildman–Crippen LogP) is 1.88. The van der Waals surface area contributed by atoms with Crippen molar-refractivity contribution in [2.45, 2.75) is 12.8 Å². The molecule has 0 atom stereocenters. The molecule has 1 aromatic carbocycles. The molecule has 3 N–H and O–H groups in total. The molecule has 26 heavy (non-hydrogen) atoms. The Bertz CT molecular complexity index is 588. The first-order valence-corrected chi connectivity index (χ1v) is 8.83. The van der Waals surface area contributed by atoms with Crippen LogP contribution in [0.3, 0.4) is 0 Å². The maximum Gasteiger partial charge on any atom is 0.321 e. The number of ether oxygens (including phenoxy) is 2. The van der Waals surface area contributed by atoms with Gasteiger partial charge in [0.25, 0.3) is 0 Å². The van der Waals surface area contributed by atoms with E-state index in [2.05, 4.69) is 16.0 Å². The van der Waals surface area contributed by atoms with Gasteiger partial charge >= 0.3 is 12.1 Å². The molecule has 0 unspecified atom stereocenters. The fraction of sp³-hybridized carbons (Fsp3) is 0.556. The maximum atomic E-state index is 12.4. The molecule has 8 heteroatoms. The summed E-state index contributed by atoms with van der Waals surface area (Å²) in [5.41, 5.74) is 0.663. The Kier molecular flexibility index (Phi) is 8.01. The van der Waals surface area contributed by atoms with Gasteiger partial charge in [0.1, 0.15) is 5.75 Å². The molecule has 1 heterocycles. The summed E-state index contributed by atoms with van der Waals surface area (Å²) in [6.07, 6.45) is 1.72. The highest BCUT2D eigenvalue weighted by molar-refractivity contribution is 5.91. The summed E-state index contributed by atoms with van der Waals surface area (Å²) >= 11 is 0. The Morgan fingerprint density at radius 1 is 1.15 bits per heavy atom. The number of amides is 4. The molecule has 1 fully saturated rings. The third-order valence-corrected chi connectivity index (χ3v) is 4.39. The van der Waals surface area contributed by atoms with Crippen molar-refractivity contribution in [2.75, 3.05) is 52.3 Å². The van der Waals surface area contributed by atoms with E-state index < -0.39 is 0 Å². The Balaban J connectivity index is 1.70. The van der Waals surface area contributed by atoms with Crippen LogP contribution in [-0.4, -0.2) is 64.0 Å². The van der Waals surface area contributed by atoms with E-state index in [1.807, 2.05) is 24.3 Å². The molecule has 1 aliphatic rings. The third kappa shape index (κ3) is 6.11. The van der Waals surface area contributed by atoms with Gasteiger partial charge in [-0.15, -0.1) is 0 Å². The Morgan fingerprint density at radius 3 is 2.58 bits per heavy atom. The van der Waals surface area contributed by atoms with E-state index in [9.17, 15) is 9.59 Å². The van der Waals surface area contributed by atoms with Crippen LogP contribution in [0, 0.1) is 5.92 Å². The first kappa shape index (κ1) is 19.8. The van der Waals surface area contributed by atoms with Crippen molar-refractivity contribution in [3.05, 3.63) is 24.3 Å². The second-order valence-electron chi connectivity index (χ2n) is 6.19. The molecule has 0 saturated carbocycles. The lowest BCUT2D eigenvalue weighted by atomic mass is 9.97. The number of nitrogens with one attached hydrogen (secondary N) is 3. The Morgan fingerprint density at radius 2 is 1.88 bits per heavy atom. The number of rotatable bonds is 7. The number of hydrogen-bond donors (Lipinski definition) is 3. The lowest BCUT2D eigenvalue weighted by Crippen LogP contribution is -2.45. The molecule has 0 radical (unpaired) electrons. The molecule has 1 aromatic rings. The fourth-order valence-corrected chi connectivity index (χ4v) is 2.85. The number of piperidine rings is 1. The minimum Gasteiger partial charge on any atom is -0.495 e. The lowest BCUT2D eigenvalue weighted by molar-refractivity contribution is 0.179. The number of benzene rings is 1. The average Bonchev–Trinajstić information content (AvgIpc) is 2.67. The van der Waals surface area contributed by atoms with Gasteiger partial charge in [0.2, 0.25) is 0 Å². The molecule has 2 rings (SSSR count). The summed E-state index contributed by atoms with van der Waals surface area (Å²) < 4.78 is 10.1. The zero-order valence-corrected chi connectivity index (χ0v) is 15.4. The van der Waals surface area contributed by atoms with E-state index in [4.69, 9.17) is 9.47 Å². The molecule has 1 aliphatic heterocycles. The molecular weight excluding hydrogens is 336 g/mol. The van der Waals surface area contributed by atoms with Crippen LogP contribution in [0.2, 0.25) is 0 Å². The second kappa shape index (κ2) is 10.5. The van der Waals surface area contributed by atoms with Gasteiger partial charge in [-0.05, 0) is 30.9 Å². The molecule has 0 spiro atoms. The van der Waals surface area contributed by atoms with Crippen molar-refractivity contribution < 1.29 is 19.1 Å². The van der Waals surface area contributed by atoms with Gasteiger partial charge in [-0.25, -0.2) is 9.59 Å². The van der Waals surface area contributed by atoms with Crippen molar-refractivity contribution in [3.8, 4) is 5.75 Å². The summed E-state index contributed by atoms with van der Waals surface area (Å²) in [5.74, 6) is 1.01. The van der Waals surface area contributed by atoms with Crippen LogP contribution in [0.5, 0.6) is 5.75 Å².